The zero-order valence-electron chi connectivity index (χ0n) is 10.1. The van der Waals surface area contributed by atoms with Crippen molar-refractivity contribution in [3.63, 3.8) is 0 Å². The topological polar surface area (TPSA) is 61.4 Å². The first-order valence-electron chi connectivity index (χ1n) is 5.39. The number of nitrogens with one attached hydrogen (secondary N) is 2. The molecule has 3 N–H and O–H groups in total. The van der Waals surface area contributed by atoms with Gasteiger partial charge in [-0.25, -0.2) is 0 Å². The van der Waals surface area contributed by atoms with Gasteiger partial charge in [0.2, 0.25) is 5.91 Å². The smallest absolute Gasteiger partial charge is 0.382 e. The minimum absolute atomic E-state index is 0.213. The lowest BCUT2D eigenvalue weighted by Gasteiger charge is -2.21. The maximum atomic E-state index is 11.9. The number of hydrogen-bond acceptors (Lipinski definition) is 3. The van der Waals surface area contributed by atoms with Gasteiger partial charge in [0.05, 0.1) is 6.54 Å². The molecule has 0 aromatic rings. The van der Waals surface area contributed by atoms with Gasteiger partial charge < -0.3 is 15.7 Å². The van der Waals surface area contributed by atoms with Crippen LogP contribution in [-0.4, -0.2) is 42.4 Å². The second kappa shape index (κ2) is 6.80. The average molecular weight is 256 g/mol. The zero-order valence-corrected chi connectivity index (χ0v) is 10.1. The minimum atomic E-state index is -4.36. The molecule has 0 saturated heterocycles. The molecule has 0 aliphatic carbocycles. The van der Waals surface area contributed by atoms with E-state index in [4.69, 9.17) is 0 Å². The van der Waals surface area contributed by atoms with Crippen molar-refractivity contribution < 1.29 is 23.1 Å². The largest absolute Gasteiger partial charge is 0.401 e. The number of aliphatic hydroxyl groups is 1. The van der Waals surface area contributed by atoms with Crippen LogP contribution in [0.25, 0.3) is 0 Å². The van der Waals surface area contributed by atoms with Crippen LogP contribution in [0.5, 0.6) is 0 Å². The number of rotatable bonds is 6. The van der Waals surface area contributed by atoms with Crippen LogP contribution < -0.4 is 10.6 Å². The highest BCUT2D eigenvalue weighted by Crippen LogP contribution is 2.12. The van der Waals surface area contributed by atoms with E-state index in [1.165, 1.54) is 6.92 Å². The first kappa shape index (κ1) is 16.2. The molecule has 1 amide bonds. The molecule has 0 fully saturated rings. The minimum Gasteiger partial charge on any atom is -0.382 e. The number of amides is 1. The van der Waals surface area contributed by atoms with E-state index in [2.05, 4.69) is 10.6 Å². The third-order valence-corrected chi connectivity index (χ3v) is 2.05. The van der Waals surface area contributed by atoms with E-state index in [-0.39, 0.29) is 5.92 Å². The molecule has 0 aromatic heterocycles. The second-order valence-corrected chi connectivity index (χ2v) is 4.37. The van der Waals surface area contributed by atoms with Gasteiger partial charge in [0, 0.05) is 12.6 Å². The van der Waals surface area contributed by atoms with Gasteiger partial charge in [-0.15, -0.1) is 0 Å². The maximum Gasteiger partial charge on any atom is 0.401 e. The van der Waals surface area contributed by atoms with E-state index in [0.717, 1.165) is 0 Å². The zero-order chi connectivity index (χ0) is 13.6. The Morgan fingerprint density at radius 3 is 2.24 bits per heavy atom. The monoisotopic (exact) mass is 256 g/mol. The summed E-state index contributed by atoms with van der Waals surface area (Å²) in [5.74, 6) is -0.453. The van der Waals surface area contributed by atoms with Crippen molar-refractivity contribution in [2.24, 2.45) is 5.92 Å². The fourth-order valence-corrected chi connectivity index (χ4v) is 1.02. The summed E-state index contributed by atoms with van der Waals surface area (Å²) < 4.78 is 35.7. The van der Waals surface area contributed by atoms with Crippen molar-refractivity contribution >= 4 is 5.91 Å². The number of hydrogen-bond donors (Lipinski definition) is 3. The Morgan fingerprint density at radius 1 is 1.29 bits per heavy atom. The molecule has 4 nitrogen and oxygen atoms in total. The second-order valence-electron chi connectivity index (χ2n) is 4.37. The number of halogens is 3. The van der Waals surface area contributed by atoms with Gasteiger partial charge in [0.25, 0.3) is 0 Å². The Balaban J connectivity index is 4.03. The van der Waals surface area contributed by atoms with Crippen LogP contribution in [-0.2, 0) is 4.79 Å². The van der Waals surface area contributed by atoms with Crippen molar-refractivity contribution in [3.8, 4) is 0 Å². The first-order valence-corrected chi connectivity index (χ1v) is 5.39. The summed E-state index contributed by atoms with van der Waals surface area (Å²) in [5.41, 5.74) is 0. The molecule has 0 aliphatic rings. The molecule has 0 bridgehead atoms. The summed E-state index contributed by atoms with van der Waals surface area (Å²) in [6.45, 7) is 4.21. The van der Waals surface area contributed by atoms with Crippen LogP contribution in [0.2, 0.25) is 0 Å². The molecule has 0 aromatic carbocycles. The number of carbonyl (C=O) groups is 1. The molecule has 0 heterocycles. The van der Waals surface area contributed by atoms with Crippen LogP contribution in [0.4, 0.5) is 13.2 Å². The molecule has 0 saturated carbocycles. The summed E-state index contributed by atoms with van der Waals surface area (Å²) >= 11 is 0. The lowest BCUT2D eigenvalue weighted by atomic mass is 10.1. The van der Waals surface area contributed by atoms with Gasteiger partial charge in [0.1, 0.15) is 6.10 Å². The highest BCUT2D eigenvalue weighted by molar-refractivity contribution is 5.81. The van der Waals surface area contributed by atoms with E-state index in [0.29, 0.717) is 6.54 Å². The van der Waals surface area contributed by atoms with Gasteiger partial charge in [-0.05, 0) is 12.8 Å². The van der Waals surface area contributed by atoms with Crippen molar-refractivity contribution in [1.82, 2.24) is 10.6 Å². The molecule has 0 aliphatic heterocycles. The molecular weight excluding hydrogens is 237 g/mol. The van der Waals surface area contributed by atoms with Crippen LogP contribution in [0.1, 0.15) is 20.8 Å². The normalized spacial score (nSPS) is 15.8. The SMILES string of the molecule is CC(C)CNC(=O)C(O)C(C)NCC(F)(F)F. The van der Waals surface area contributed by atoms with Crippen LogP contribution in [0, 0.1) is 5.92 Å². The summed E-state index contributed by atoms with van der Waals surface area (Å²) in [7, 11) is 0. The van der Waals surface area contributed by atoms with Gasteiger partial charge in [0.15, 0.2) is 0 Å². The molecule has 0 spiro atoms. The van der Waals surface area contributed by atoms with E-state index >= 15 is 0 Å². The Bertz CT molecular complexity index is 244. The molecule has 17 heavy (non-hydrogen) atoms. The average Bonchev–Trinajstić information content (AvgIpc) is 2.20. The third kappa shape index (κ3) is 7.98. The Morgan fingerprint density at radius 2 is 1.82 bits per heavy atom. The van der Waals surface area contributed by atoms with Gasteiger partial charge >= 0.3 is 6.18 Å². The molecule has 0 rings (SSSR count). The Kier molecular flexibility index (Phi) is 6.48. The predicted molar refractivity (Wildman–Crippen MR) is 57.4 cm³/mol. The van der Waals surface area contributed by atoms with Crippen molar-refractivity contribution in [1.29, 1.82) is 0 Å². The molecule has 0 radical (unpaired) electrons. The summed E-state index contributed by atoms with van der Waals surface area (Å²) in [6.07, 6.45) is -5.85. The van der Waals surface area contributed by atoms with E-state index < -0.39 is 30.8 Å². The third-order valence-electron chi connectivity index (χ3n) is 2.05. The van der Waals surface area contributed by atoms with Gasteiger partial charge in [-0.3, -0.25) is 4.79 Å². The van der Waals surface area contributed by atoms with E-state index in [1.54, 1.807) is 0 Å². The summed E-state index contributed by atoms with van der Waals surface area (Å²) in [6, 6.07) is -0.955. The highest BCUT2D eigenvalue weighted by Gasteiger charge is 2.30. The molecule has 7 heteroatoms. The Hall–Kier alpha value is -0.820. The van der Waals surface area contributed by atoms with E-state index in [9.17, 15) is 23.1 Å². The van der Waals surface area contributed by atoms with Crippen molar-refractivity contribution in [3.05, 3.63) is 0 Å². The maximum absolute atomic E-state index is 11.9. The van der Waals surface area contributed by atoms with Crippen LogP contribution in [0.15, 0.2) is 0 Å². The van der Waals surface area contributed by atoms with E-state index in [1.807, 2.05) is 13.8 Å². The summed E-state index contributed by atoms with van der Waals surface area (Å²) in [5, 5.41) is 14.0. The standard InChI is InChI=1S/C10H19F3N2O2/c1-6(2)4-14-9(17)8(16)7(3)15-5-10(11,12)13/h6-8,15-16H,4-5H2,1-3H3,(H,14,17). The fraction of sp³-hybridized carbons (Fsp3) is 0.900. The lowest BCUT2D eigenvalue weighted by molar-refractivity contribution is -0.136. The van der Waals surface area contributed by atoms with Gasteiger partial charge in [-0.2, -0.15) is 13.2 Å². The summed E-state index contributed by atoms with van der Waals surface area (Å²) in [4.78, 5) is 11.3. The number of aliphatic hydroxyl groups excluding tert-OH is 1. The molecule has 102 valence electrons. The molecule has 2 atom stereocenters. The van der Waals surface area contributed by atoms with Crippen molar-refractivity contribution in [2.75, 3.05) is 13.1 Å². The first-order chi connectivity index (χ1) is 7.63. The molecule has 2 unspecified atom stereocenters. The Labute approximate surface area is 98.6 Å². The van der Waals surface area contributed by atoms with Gasteiger partial charge in [-0.1, -0.05) is 13.8 Å². The predicted octanol–water partition coefficient (Wildman–Crippen LogP) is 0.660. The number of alkyl halides is 3. The number of carbonyl (C=O) groups excluding carboxylic acids is 1. The van der Waals surface area contributed by atoms with Crippen LogP contribution in [0.3, 0.4) is 0 Å². The van der Waals surface area contributed by atoms with Crippen LogP contribution >= 0.6 is 0 Å². The molecular formula is C10H19F3N2O2. The lowest BCUT2D eigenvalue weighted by Crippen LogP contribution is -2.49. The van der Waals surface area contributed by atoms with Crippen molar-refractivity contribution in [2.45, 2.75) is 39.1 Å². The highest BCUT2D eigenvalue weighted by atomic mass is 19.4. The quantitative estimate of drug-likeness (QED) is 0.654. The fourth-order valence-electron chi connectivity index (χ4n) is 1.02.